The highest BCUT2D eigenvalue weighted by atomic mass is 32.1. The second-order valence-corrected chi connectivity index (χ2v) is 5.63. The summed E-state index contributed by atoms with van der Waals surface area (Å²) in [5, 5.41) is 0.281. The van der Waals surface area contributed by atoms with E-state index in [9.17, 15) is 4.79 Å². The molecular formula is C12H21NOS. The van der Waals surface area contributed by atoms with Crippen LogP contribution in [-0.2, 0) is 4.79 Å². The fraction of sp³-hybridized carbons (Fsp3) is 0.917. The van der Waals surface area contributed by atoms with Crippen LogP contribution < -0.4 is 0 Å². The number of hydrogen-bond acceptors (Lipinski definition) is 2. The third kappa shape index (κ3) is 2.90. The quantitative estimate of drug-likeness (QED) is 0.683. The zero-order chi connectivity index (χ0) is 10.7. The molecule has 1 aliphatic heterocycles. The van der Waals surface area contributed by atoms with E-state index in [2.05, 4.69) is 17.5 Å². The predicted molar refractivity (Wildman–Crippen MR) is 65.2 cm³/mol. The average Bonchev–Trinajstić information content (AvgIpc) is 2.45. The van der Waals surface area contributed by atoms with Crippen molar-refractivity contribution in [3.05, 3.63) is 0 Å². The minimum atomic E-state index is 0.281. The third-order valence-electron chi connectivity index (χ3n) is 3.65. The van der Waals surface area contributed by atoms with Crippen molar-refractivity contribution in [2.24, 2.45) is 0 Å². The Balaban J connectivity index is 1.92. The number of carbonyl (C=O) groups excluding carboxylic acids is 1. The van der Waals surface area contributed by atoms with Crippen LogP contribution in [0.4, 0.5) is 0 Å². The SMILES string of the molecule is O=C1CC(S)CN1C1CCCCCCC1. The summed E-state index contributed by atoms with van der Waals surface area (Å²) in [5.41, 5.74) is 0. The second-order valence-electron chi connectivity index (χ2n) is 4.90. The zero-order valence-corrected chi connectivity index (χ0v) is 10.2. The third-order valence-corrected chi connectivity index (χ3v) is 4.00. The van der Waals surface area contributed by atoms with E-state index >= 15 is 0 Å². The Hall–Kier alpha value is -0.180. The Labute approximate surface area is 97.8 Å². The fourth-order valence-corrected chi connectivity index (χ4v) is 3.14. The van der Waals surface area contributed by atoms with Gasteiger partial charge in [-0.2, -0.15) is 12.6 Å². The first-order chi connectivity index (χ1) is 7.27. The highest BCUT2D eigenvalue weighted by Crippen LogP contribution is 2.26. The Morgan fingerprint density at radius 2 is 1.67 bits per heavy atom. The monoisotopic (exact) mass is 227 g/mol. The molecule has 1 amide bonds. The molecule has 2 nitrogen and oxygen atoms in total. The summed E-state index contributed by atoms with van der Waals surface area (Å²) in [6.45, 7) is 0.882. The number of carbonyl (C=O) groups is 1. The van der Waals surface area contributed by atoms with Crippen molar-refractivity contribution in [1.29, 1.82) is 0 Å². The van der Waals surface area contributed by atoms with Gasteiger partial charge >= 0.3 is 0 Å². The van der Waals surface area contributed by atoms with E-state index in [0.29, 0.717) is 18.4 Å². The van der Waals surface area contributed by atoms with Gasteiger partial charge in [-0.05, 0) is 12.8 Å². The zero-order valence-electron chi connectivity index (χ0n) is 9.32. The van der Waals surface area contributed by atoms with Crippen LogP contribution in [-0.4, -0.2) is 28.6 Å². The molecule has 2 rings (SSSR count). The number of likely N-dealkylation sites (tertiary alicyclic amines) is 1. The molecular weight excluding hydrogens is 206 g/mol. The second kappa shape index (κ2) is 5.24. The molecule has 0 aromatic carbocycles. The lowest BCUT2D eigenvalue weighted by atomic mass is 9.96. The van der Waals surface area contributed by atoms with Gasteiger partial charge < -0.3 is 4.90 Å². The van der Waals surface area contributed by atoms with Gasteiger partial charge in [0.25, 0.3) is 0 Å². The van der Waals surface area contributed by atoms with Crippen LogP contribution in [0, 0.1) is 0 Å². The molecule has 0 N–H and O–H groups in total. The normalized spacial score (nSPS) is 30.3. The van der Waals surface area contributed by atoms with Gasteiger partial charge in [0.2, 0.25) is 5.91 Å². The number of rotatable bonds is 1. The largest absolute Gasteiger partial charge is 0.339 e. The molecule has 1 unspecified atom stereocenters. The maximum atomic E-state index is 11.8. The number of nitrogens with zero attached hydrogens (tertiary/aromatic N) is 1. The Morgan fingerprint density at radius 3 is 2.20 bits per heavy atom. The van der Waals surface area contributed by atoms with E-state index in [0.717, 1.165) is 6.54 Å². The lowest BCUT2D eigenvalue weighted by Gasteiger charge is -2.29. The summed E-state index contributed by atoms with van der Waals surface area (Å²) in [6.07, 6.45) is 9.76. The predicted octanol–water partition coefficient (Wildman–Crippen LogP) is 2.63. The summed E-state index contributed by atoms with van der Waals surface area (Å²) in [7, 11) is 0. The molecule has 3 heteroatoms. The molecule has 1 atom stereocenters. The summed E-state index contributed by atoms with van der Waals surface area (Å²) < 4.78 is 0. The molecule has 0 aromatic heterocycles. The average molecular weight is 227 g/mol. The molecule has 15 heavy (non-hydrogen) atoms. The van der Waals surface area contributed by atoms with Gasteiger partial charge in [-0.3, -0.25) is 4.79 Å². The van der Waals surface area contributed by atoms with Gasteiger partial charge in [-0.1, -0.05) is 32.1 Å². The van der Waals surface area contributed by atoms with Crippen molar-refractivity contribution in [3.8, 4) is 0 Å². The number of hydrogen-bond donors (Lipinski definition) is 1. The van der Waals surface area contributed by atoms with Crippen LogP contribution >= 0.6 is 12.6 Å². The molecule has 1 saturated heterocycles. The lowest BCUT2D eigenvalue weighted by molar-refractivity contribution is -0.130. The van der Waals surface area contributed by atoms with Crippen molar-refractivity contribution in [2.75, 3.05) is 6.54 Å². The van der Waals surface area contributed by atoms with Crippen LogP contribution in [0.2, 0.25) is 0 Å². The molecule has 86 valence electrons. The number of thiol groups is 1. The van der Waals surface area contributed by atoms with Crippen LogP contribution in [0.3, 0.4) is 0 Å². The van der Waals surface area contributed by atoms with E-state index in [-0.39, 0.29) is 5.25 Å². The highest BCUT2D eigenvalue weighted by molar-refractivity contribution is 7.81. The van der Waals surface area contributed by atoms with Crippen LogP contribution in [0.5, 0.6) is 0 Å². The van der Waals surface area contributed by atoms with E-state index in [1.807, 2.05) is 0 Å². The summed E-state index contributed by atoms with van der Waals surface area (Å²) in [5.74, 6) is 0.334. The van der Waals surface area contributed by atoms with Crippen molar-refractivity contribution in [1.82, 2.24) is 4.90 Å². The minimum Gasteiger partial charge on any atom is -0.339 e. The maximum absolute atomic E-state index is 11.8. The van der Waals surface area contributed by atoms with Crippen molar-refractivity contribution >= 4 is 18.5 Å². The first-order valence-electron chi connectivity index (χ1n) is 6.25. The van der Waals surface area contributed by atoms with Gasteiger partial charge in [0.1, 0.15) is 0 Å². The van der Waals surface area contributed by atoms with Gasteiger partial charge in [0.05, 0.1) is 0 Å². The van der Waals surface area contributed by atoms with E-state index in [1.54, 1.807) is 0 Å². The standard InChI is InChI=1S/C12H21NOS/c14-12-8-11(15)9-13(12)10-6-4-2-1-3-5-7-10/h10-11,15H,1-9H2. The van der Waals surface area contributed by atoms with Crippen molar-refractivity contribution < 1.29 is 4.79 Å². The van der Waals surface area contributed by atoms with Gasteiger partial charge in [0.15, 0.2) is 0 Å². The van der Waals surface area contributed by atoms with E-state index in [1.165, 1.54) is 44.9 Å². The molecule has 2 aliphatic rings. The Morgan fingerprint density at radius 1 is 1.07 bits per heavy atom. The first-order valence-corrected chi connectivity index (χ1v) is 6.76. The van der Waals surface area contributed by atoms with Crippen LogP contribution in [0.1, 0.15) is 51.4 Å². The van der Waals surface area contributed by atoms with E-state index in [4.69, 9.17) is 0 Å². The van der Waals surface area contributed by atoms with E-state index < -0.39 is 0 Å². The molecule has 1 saturated carbocycles. The van der Waals surface area contributed by atoms with Gasteiger partial charge in [-0.25, -0.2) is 0 Å². The fourth-order valence-electron chi connectivity index (χ4n) is 2.81. The van der Waals surface area contributed by atoms with Gasteiger partial charge in [-0.15, -0.1) is 0 Å². The Kier molecular flexibility index (Phi) is 3.95. The Bertz CT molecular complexity index is 224. The molecule has 1 aliphatic carbocycles. The molecule has 2 fully saturated rings. The minimum absolute atomic E-state index is 0.281. The molecule has 0 spiro atoms. The van der Waals surface area contributed by atoms with Crippen LogP contribution in [0.15, 0.2) is 0 Å². The summed E-state index contributed by atoms with van der Waals surface area (Å²) in [6, 6.07) is 0.523. The lowest BCUT2D eigenvalue weighted by Crippen LogP contribution is -2.37. The van der Waals surface area contributed by atoms with Gasteiger partial charge in [0, 0.05) is 24.3 Å². The molecule has 0 radical (unpaired) electrons. The smallest absolute Gasteiger partial charge is 0.224 e. The highest BCUT2D eigenvalue weighted by Gasteiger charge is 2.32. The van der Waals surface area contributed by atoms with Crippen molar-refractivity contribution in [3.63, 3.8) is 0 Å². The van der Waals surface area contributed by atoms with Crippen molar-refractivity contribution in [2.45, 2.75) is 62.7 Å². The molecule has 0 aromatic rings. The first kappa shape index (κ1) is 11.3. The topological polar surface area (TPSA) is 20.3 Å². The van der Waals surface area contributed by atoms with Crippen LogP contribution in [0.25, 0.3) is 0 Å². The molecule has 0 bridgehead atoms. The number of amides is 1. The summed E-state index contributed by atoms with van der Waals surface area (Å²) in [4.78, 5) is 13.9. The molecule has 1 heterocycles. The maximum Gasteiger partial charge on any atom is 0.224 e. The summed E-state index contributed by atoms with van der Waals surface area (Å²) >= 11 is 4.42.